The number of anilines is 1. The Morgan fingerprint density at radius 2 is 1.72 bits per heavy atom. The summed E-state index contributed by atoms with van der Waals surface area (Å²) in [5.41, 5.74) is 1.34. The number of rotatable bonds is 5. The molecule has 4 aromatic rings. The number of benzene rings is 2. The van der Waals surface area contributed by atoms with Gasteiger partial charge < -0.3 is 5.32 Å². The lowest BCUT2D eigenvalue weighted by molar-refractivity contribution is -0.116. The van der Waals surface area contributed by atoms with Crippen molar-refractivity contribution in [1.82, 2.24) is 19.1 Å². The fourth-order valence-corrected chi connectivity index (χ4v) is 3.47. The molecule has 2 aromatic heterocycles. The first-order chi connectivity index (χ1) is 15.4. The molecule has 0 radical (unpaired) electrons. The van der Waals surface area contributed by atoms with Crippen LogP contribution in [0.15, 0.2) is 64.3 Å². The van der Waals surface area contributed by atoms with Crippen LogP contribution < -0.4 is 16.6 Å². The van der Waals surface area contributed by atoms with Crippen molar-refractivity contribution in [1.29, 1.82) is 0 Å². The van der Waals surface area contributed by atoms with E-state index < -0.39 is 23.7 Å². The molecule has 1 amide bonds. The molecule has 0 aliphatic carbocycles. The molecule has 0 aliphatic heterocycles. The molecule has 0 fully saturated rings. The Labute approximate surface area is 188 Å². The maximum absolute atomic E-state index is 13.0. The van der Waals surface area contributed by atoms with Crippen LogP contribution in [0.4, 0.5) is 5.69 Å². The van der Waals surface area contributed by atoms with E-state index in [1.54, 1.807) is 43.3 Å². The van der Waals surface area contributed by atoms with Crippen LogP contribution in [0.25, 0.3) is 22.4 Å². The fourth-order valence-electron chi connectivity index (χ4n) is 3.34. The van der Waals surface area contributed by atoms with E-state index >= 15 is 0 Å². The van der Waals surface area contributed by atoms with Crippen LogP contribution in [0.5, 0.6) is 0 Å². The van der Waals surface area contributed by atoms with E-state index in [0.717, 1.165) is 10.1 Å². The van der Waals surface area contributed by atoms with E-state index in [4.69, 9.17) is 11.6 Å². The highest BCUT2D eigenvalue weighted by Gasteiger charge is 2.17. The summed E-state index contributed by atoms with van der Waals surface area (Å²) in [5.74, 6) is -0.112. The molecule has 8 nitrogen and oxygen atoms in total. The number of aryl methyl sites for hydroxylation is 2. The third-order valence-electron chi connectivity index (χ3n) is 5.02. The summed E-state index contributed by atoms with van der Waals surface area (Å²) in [6.45, 7) is 3.56. The summed E-state index contributed by atoms with van der Waals surface area (Å²) < 4.78 is 2.26. The van der Waals surface area contributed by atoms with Crippen molar-refractivity contribution in [3.63, 3.8) is 0 Å². The van der Waals surface area contributed by atoms with Gasteiger partial charge in [-0.1, -0.05) is 29.3 Å². The third-order valence-corrected chi connectivity index (χ3v) is 5.27. The Balaban J connectivity index is 1.74. The topological polar surface area (TPSA) is 98.9 Å². The molecule has 32 heavy (non-hydrogen) atoms. The minimum absolute atomic E-state index is 0.160. The van der Waals surface area contributed by atoms with Crippen molar-refractivity contribution < 1.29 is 4.79 Å². The molecule has 9 heteroatoms. The second-order valence-electron chi connectivity index (χ2n) is 7.27. The zero-order valence-electron chi connectivity index (χ0n) is 17.5. The summed E-state index contributed by atoms with van der Waals surface area (Å²) in [6.07, 6.45) is 1.38. The molecule has 1 N–H and O–H groups in total. The Bertz CT molecular complexity index is 1420. The molecule has 0 saturated heterocycles. The summed E-state index contributed by atoms with van der Waals surface area (Å²) in [4.78, 5) is 47.3. The number of amides is 1. The van der Waals surface area contributed by atoms with Gasteiger partial charge in [0.05, 0.1) is 0 Å². The van der Waals surface area contributed by atoms with Gasteiger partial charge in [0, 0.05) is 29.0 Å². The van der Waals surface area contributed by atoms with Gasteiger partial charge in [-0.15, -0.1) is 0 Å². The number of hydrogen-bond donors (Lipinski definition) is 1. The molecule has 162 valence electrons. The molecule has 4 rings (SSSR count). The molecule has 2 heterocycles. The standard InChI is InChI=1S/C23H20ClN5O3/c1-3-28-21-18(12-25-20(27-21)15-6-8-16(24)9-7-15)22(31)29(23(28)32)13-19(30)26-17-10-4-14(2)5-11-17/h4-12H,3,13H2,1-2H3,(H,26,30). The summed E-state index contributed by atoms with van der Waals surface area (Å²) in [6, 6.07) is 14.2. The molecule has 0 aliphatic rings. The van der Waals surface area contributed by atoms with E-state index in [-0.39, 0.29) is 17.6 Å². The quantitative estimate of drug-likeness (QED) is 0.504. The van der Waals surface area contributed by atoms with Crippen LogP contribution in [0.3, 0.4) is 0 Å². The highest BCUT2D eigenvalue weighted by atomic mass is 35.5. The molecular formula is C23H20ClN5O3. The lowest BCUT2D eigenvalue weighted by Crippen LogP contribution is -2.42. The number of nitrogens with zero attached hydrogens (tertiary/aromatic N) is 4. The molecule has 0 unspecified atom stereocenters. The Hall–Kier alpha value is -3.78. The minimum Gasteiger partial charge on any atom is -0.325 e. The zero-order valence-corrected chi connectivity index (χ0v) is 18.3. The second-order valence-corrected chi connectivity index (χ2v) is 7.71. The summed E-state index contributed by atoms with van der Waals surface area (Å²) >= 11 is 5.94. The van der Waals surface area contributed by atoms with Gasteiger partial charge in [-0.2, -0.15) is 0 Å². The smallest absolute Gasteiger partial charge is 0.325 e. The lowest BCUT2D eigenvalue weighted by atomic mass is 10.2. The molecular weight excluding hydrogens is 430 g/mol. The predicted molar refractivity (Wildman–Crippen MR) is 124 cm³/mol. The zero-order chi connectivity index (χ0) is 22.8. The molecule has 2 aromatic carbocycles. The lowest BCUT2D eigenvalue weighted by Gasteiger charge is -2.13. The van der Waals surface area contributed by atoms with Crippen molar-refractivity contribution in [3.05, 3.63) is 86.2 Å². The summed E-state index contributed by atoms with van der Waals surface area (Å²) in [7, 11) is 0. The number of carbonyl (C=O) groups is 1. The number of nitrogens with one attached hydrogen (secondary N) is 1. The first-order valence-corrected chi connectivity index (χ1v) is 10.4. The first kappa shape index (κ1) is 21.5. The average molecular weight is 450 g/mol. The highest BCUT2D eigenvalue weighted by molar-refractivity contribution is 6.30. The fraction of sp³-hybridized carbons (Fsp3) is 0.174. The molecule has 0 atom stereocenters. The van der Waals surface area contributed by atoms with E-state index in [9.17, 15) is 14.4 Å². The largest absolute Gasteiger partial charge is 0.333 e. The van der Waals surface area contributed by atoms with Crippen molar-refractivity contribution in [2.24, 2.45) is 0 Å². The number of aromatic nitrogens is 4. The SMILES string of the molecule is CCn1c(=O)n(CC(=O)Nc2ccc(C)cc2)c(=O)c2cnc(-c3ccc(Cl)cc3)nc21. The van der Waals surface area contributed by atoms with Crippen molar-refractivity contribution >= 4 is 34.2 Å². The van der Waals surface area contributed by atoms with E-state index in [2.05, 4.69) is 15.3 Å². The Morgan fingerprint density at radius 1 is 1.03 bits per heavy atom. The van der Waals surface area contributed by atoms with Gasteiger partial charge in [0.25, 0.3) is 5.56 Å². The molecule has 0 saturated carbocycles. The van der Waals surface area contributed by atoms with Crippen molar-refractivity contribution in [2.75, 3.05) is 5.32 Å². The monoisotopic (exact) mass is 449 g/mol. The first-order valence-electron chi connectivity index (χ1n) is 10.00. The number of fused-ring (bicyclic) bond motifs is 1. The van der Waals surface area contributed by atoms with Gasteiger partial charge in [-0.3, -0.25) is 18.7 Å². The van der Waals surface area contributed by atoms with E-state index in [1.807, 2.05) is 19.1 Å². The van der Waals surface area contributed by atoms with Gasteiger partial charge >= 0.3 is 5.69 Å². The number of hydrogen-bond acceptors (Lipinski definition) is 5. The second kappa shape index (κ2) is 8.76. The maximum Gasteiger partial charge on any atom is 0.333 e. The van der Waals surface area contributed by atoms with E-state index in [0.29, 0.717) is 22.1 Å². The predicted octanol–water partition coefficient (Wildman–Crippen LogP) is 3.24. The Kier molecular flexibility index (Phi) is 5.87. The van der Waals surface area contributed by atoms with Crippen LogP contribution in [0.1, 0.15) is 12.5 Å². The molecule has 0 bridgehead atoms. The van der Waals surface area contributed by atoms with Crippen LogP contribution in [-0.4, -0.2) is 25.0 Å². The minimum atomic E-state index is -0.614. The van der Waals surface area contributed by atoms with Crippen LogP contribution in [0, 0.1) is 6.92 Å². The van der Waals surface area contributed by atoms with Crippen LogP contribution >= 0.6 is 11.6 Å². The highest BCUT2D eigenvalue weighted by Crippen LogP contribution is 2.19. The van der Waals surface area contributed by atoms with Gasteiger partial charge in [0.1, 0.15) is 11.9 Å². The summed E-state index contributed by atoms with van der Waals surface area (Å²) in [5, 5.41) is 3.44. The number of halogens is 1. The van der Waals surface area contributed by atoms with Crippen molar-refractivity contribution in [2.45, 2.75) is 26.9 Å². The normalized spacial score (nSPS) is 11.0. The average Bonchev–Trinajstić information content (AvgIpc) is 2.79. The number of carbonyl (C=O) groups excluding carboxylic acids is 1. The van der Waals surface area contributed by atoms with E-state index in [1.165, 1.54) is 10.8 Å². The van der Waals surface area contributed by atoms with Crippen LogP contribution in [0.2, 0.25) is 5.02 Å². The van der Waals surface area contributed by atoms with Gasteiger partial charge in [0.15, 0.2) is 11.5 Å². The van der Waals surface area contributed by atoms with Gasteiger partial charge in [-0.05, 0) is 50.2 Å². The third kappa shape index (κ3) is 4.17. The maximum atomic E-state index is 13.0. The van der Waals surface area contributed by atoms with Gasteiger partial charge in [0.2, 0.25) is 5.91 Å². The molecule has 0 spiro atoms. The van der Waals surface area contributed by atoms with Crippen molar-refractivity contribution in [3.8, 4) is 11.4 Å². The van der Waals surface area contributed by atoms with Gasteiger partial charge in [-0.25, -0.2) is 14.8 Å². The Morgan fingerprint density at radius 3 is 2.38 bits per heavy atom. The van der Waals surface area contributed by atoms with Crippen LogP contribution in [-0.2, 0) is 17.9 Å².